The zero-order valence-corrected chi connectivity index (χ0v) is 16.8. The fraction of sp³-hybridized carbons (Fsp3) is 0.300. The maximum Gasteiger partial charge on any atom is 0.271 e. The van der Waals surface area contributed by atoms with E-state index in [-0.39, 0.29) is 36.0 Å². The number of hydrazone groups is 1. The molecule has 1 N–H and O–H groups in total. The summed E-state index contributed by atoms with van der Waals surface area (Å²) in [7, 11) is 0. The van der Waals surface area contributed by atoms with Crippen molar-refractivity contribution in [3.05, 3.63) is 52.3 Å². The lowest BCUT2D eigenvalue weighted by atomic mass is 10.1. The zero-order chi connectivity index (χ0) is 23.1. The zero-order valence-electron chi connectivity index (χ0n) is 16.8. The van der Waals surface area contributed by atoms with Crippen molar-refractivity contribution in [2.75, 3.05) is 19.8 Å². The molecule has 0 aliphatic heterocycles. The van der Waals surface area contributed by atoms with Gasteiger partial charge in [0.25, 0.3) is 5.91 Å². The van der Waals surface area contributed by atoms with Gasteiger partial charge in [-0.05, 0) is 32.9 Å². The second kappa shape index (κ2) is 10.6. The molecule has 2 aromatic rings. The second-order valence-corrected chi connectivity index (χ2v) is 5.78. The first kappa shape index (κ1) is 23.9. The maximum absolute atomic E-state index is 13.7. The quantitative estimate of drug-likeness (QED) is 0.205. The molecule has 0 radical (unpaired) electrons. The highest BCUT2D eigenvalue weighted by Gasteiger charge is 2.25. The summed E-state index contributed by atoms with van der Waals surface area (Å²) >= 11 is 0. The molecule has 0 aliphatic rings. The lowest BCUT2D eigenvalue weighted by Gasteiger charge is -2.16. The minimum absolute atomic E-state index is 0.00934. The van der Waals surface area contributed by atoms with Crippen molar-refractivity contribution < 1.29 is 41.0 Å². The van der Waals surface area contributed by atoms with Crippen LogP contribution >= 0.6 is 0 Å². The maximum atomic E-state index is 13.7. The molecule has 168 valence electrons. The standard InChI is InChI=1S/C20H19F5N2O4/c1-4-29-12-7-10(8-13(30-5-2)19(12)31-6-3)20(28)27-26-9-11-14(21)16(23)18(25)17(24)15(11)22/h7-9H,4-6H2,1-3H3,(H,27,28). The van der Waals surface area contributed by atoms with Gasteiger partial charge in [-0.25, -0.2) is 27.4 Å². The fourth-order valence-corrected chi connectivity index (χ4v) is 2.48. The molecule has 0 spiro atoms. The Balaban J connectivity index is 2.34. The van der Waals surface area contributed by atoms with Crippen molar-refractivity contribution in [2.24, 2.45) is 5.10 Å². The van der Waals surface area contributed by atoms with E-state index in [1.165, 1.54) is 12.1 Å². The van der Waals surface area contributed by atoms with Crippen molar-refractivity contribution in [3.8, 4) is 17.2 Å². The van der Waals surface area contributed by atoms with Crippen LogP contribution in [0.25, 0.3) is 0 Å². The highest BCUT2D eigenvalue weighted by molar-refractivity contribution is 5.96. The summed E-state index contributed by atoms with van der Waals surface area (Å²) < 4.78 is 83.3. The van der Waals surface area contributed by atoms with Crippen LogP contribution < -0.4 is 19.6 Å². The first-order valence-electron chi connectivity index (χ1n) is 9.17. The Labute approximate surface area is 174 Å². The molecule has 0 unspecified atom stereocenters. The third kappa shape index (κ3) is 5.22. The first-order chi connectivity index (χ1) is 14.8. The third-order valence-electron chi connectivity index (χ3n) is 3.77. The summed E-state index contributed by atoms with van der Waals surface area (Å²) in [6.45, 7) is 6.01. The SMILES string of the molecule is CCOc1cc(C(=O)NN=Cc2c(F)c(F)c(F)c(F)c2F)cc(OCC)c1OCC. The van der Waals surface area contributed by atoms with Crippen LogP contribution in [-0.2, 0) is 0 Å². The highest BCUT2D eigenvalue weighted by atomic mass is 19.2. The summed E-state index contributed by atoms with van der Waals surface area (Å²) in [6, 6.07) is 2.67. The Bertz CT molecular complexity index is 942. The van der Waals surface area contributed by atoms with Crippen molar-refractivity contribution >= 4 is 12.1 Å². The number of rotatable bonds is 9. The summed E-state index contributed by atoms with van der Waals surface area (Å²) in [5.41, 5.74) is 0.645. The summed E-state index contributed by atoms with van der Waals surface area (Å²) in [4.78, 5) is 12.4. The predicted molar refractivity (Wildman–Crippen MR) is 101 cm³/mol. The average Bonchev–Trinajstić information content (AvgIpc) is 2.75. The normalized spacial score (nSPS) is 11.0. The summed E-state index contributed by atoms with van der Waals surface area (Å²) in [6.07, 6.45) is 0.315. The number of halogens is 5. The van der Waals surface area contributed by atoms with Gasteiger partial charge in [-0.15, -0.1) is 0 Å². The number of amides is 1. The van der Waals surface area contributed by atoms with Crippen molar-refractivity contribution in [2.45, 2.75) is 20.8 Å². The number of hydrogen-bond donors (Lipinski definition) is 1. The van der Waals surface area contributed by atoms with Gasteiger partial charge in [0.15, 0.2) is 34.8 Å². The van der Waals surface area contributed by atoms with Gasteiger partial charge in [-0.2, -0.15) is 5.10 Å². The lowest BCUT2D eigenvalue weighted by Crippen LogP contribution is -2.19. The molecule has 0 aromatic heterocycles. The smallest absolute Gasteiger partial charge is 0.271 e. The number of carbonyl (C=O) groups excluding carboxylic acids is 1. The van der Waals surface area contributed by atoms with Gasteiger partial charge in [-0.1, -0.05) is 0 Å². The van der Waals surface area contributed by atoms with Crippen LogP contribution in [0, 0.1) is 29.1 Å². The molecule has 0 aliphatic carbocycles. The van der Waals surface area contributed by atoms with Crippen LogP contribution in [0.1, 0.15) is 36.7 Å². The van der Waals surface area contributed by atoms with Gasteiger partial charge < -0.3 is 14.2 Å². The van der Waals surface area contributed by atoms with E-state index in [4.69, 9.17) is 14.2 Å². The van der Waals surface area contributed by atoms with Gasteiger partial charge in [0.2, 0.25) is 11.6 Å². The number of ether oxygens (including phenoxy) is 3. The van der Waals surface area contributed by atoms with E-state index in [9.17, 15) is 26.7 Å². The van der Waals surface area contributed by atoms with E-state index >= 15 is 0 Å². The molecule has 31 heavy (non-hydrogen) atoms. The number of carbonyl (C=O) groups is 1. The predicted octanol–water partition coefficient (Wildman–Crippen LogP) is 4.34. The van der Waals surface area contributed by atoms with Crippen LogP contribution in [-0.4, -0.2) is 31.9 Å². The minimum Gasteiger partial charge on any atom is -0.490 e. The van der Waals surface area contributed by atoms with Gasteiger partial charge in [0, 0.05) is 5.56 Å². The highest BCUT2D eigenvalue weighted by Crippen LogP contribution is 2.39. The van der Waals surface area contributed by atoms with Crippen molar-refractivity contribution in [1.29, 1.82) is 0 Å². The van der Waals surface area contributed by atoms with Gasteiger partial charge >= 0.3 is 0 Å². The third-order valence-corrected chi connectivity index (χ3v) is 3.77. The van der Waals surface area contributed by atoms with E-state index < -0.39 is 40.6 Å². The number of nitrogens with one attached hydrogen (secondary N) is 1. The molecule has 11 heteroatoms. The Morgan fingerprint density at radius 3 is 1.74 bits per heavy atom. The molecule has 0 heterocycles. The molecule has 1 amide bonds. The molecule has 0 saturated heterocycles. The topological polar surface area (TPSA) is 69.2 Å². The molecular weight excluding hydrogens is 427 g/mol. The number of nitrogens with zero attached hydrogens (tertiary/aromatic N) is 1. The van der Waals surface area contributed by atoms with Crippen LogP contribution in [0.3, 0.4) is 0 Å². The Kier molecular flexibility index (Phi) is 8.17. The van der Waals surface area contributed by atoms with Crippen molar-refractivity contribution in [3.63, 3.8) is 0 Å². The van der Waals surface area contributed by atoms with E-state index in [1.54, 1.807) is 20.8 Å². The summed E-state index contributed by atoms with van der Waals surface area (Å²) in [5, 5.41) is 3.29. The number of hydrogen-bond acceptors (Lipinski definition) is 5. The van der Waals surface area contributed by atoms with Crippen LogP contribution in [0.4, 0.5) is 22.0 Å². The molecule has 6 nitrogen and oxygen atoms in total. The molecule has 2 rings (SSSR count). The Morgan fingerprint density at radius 1 is 0.839 bits per heavy atom. The molecule has 0 saturated carbocycles. The Hall–Kier alpha value is -3.37. The Morgan fingerprint density at radius 2 is 1.29 bits per heavy atom. The first-order valence-corrected chi connectivity index (χ1v) is 9.17. The van der Waals surface area contributed by atoms with Gasteiger partial charge in [0.1, 0.15) is 0 Å². The largest absolute Gasteiger partial charge is 0.490 e. The summed E-state index contributed by atoms with van der Waals surface area (Å²) in [5.74, 6) is -10.8. The second-order valence-electron chi connectivity index (χ2n) is 5.78. The van der Waals surface area contributed by atoms with E-state index in [0.717, 1.165) is 0 Å². The molecule has 2 aromatic carbocycles. The van der Waals surface area contributed by atoms with E-state index in [2.05, 4.69) is 5.10 Å². The molecule has 0 fully saturated rings. The minimum atomic E-state index is -2.29. The number of benzene rings is 2. The van der Waals surface area contributed by atoms with Crippen LogP contribution in [0.5, 0.6) is 17.2 Å². The van der Waals surface area contributed by atoms with Gasteiger partial charge in [0.05, 0.1) is 31.6 Å². The van der Waals surface area contributed by atoms with Crippen LogP contribution in [0.2, 0.25) is 0 Å². The fourth-order valence-electron chi connectivity index (χ4n) is 2.48. The molecule has 0 bridgehead atoms. The van der Waals surface area contributed by atoms with E-state index in [0.29, 0.717) is 12.8 Å². The lowest BCUT2D eigenvalue weighted by molar-refractivity contribution is 0.0954. The van der Waals surface area contributed by atoms with Crippen LogP contribution in [0.15, 0.2) is 17.2 Å². The molecular formula is C20H19F5N2O4. The van der Waals surface area contributed by atoms with Crippen molar-refractivity contribution in [1.82, 2.24) is 5.43 Å². The average molecular weight is 446 g/mol. The van der Waals surface area contributed by atoms with E-state index in [1.807, 2.05) is 5.43 Å². The molecule has 0 atom stereocenters. The monoisotopic (exact) mass is 446 g/mol. The van der Waals surface area contributed by atoms with Gasteiger partial charge in [-0.3, -0.25) is 4.79 Å².